The van der Waals surface area contributed by atoms with Gasteiger partial charge in [0.2, 0.25) is 0 Å². The maximum Gasteiger partial charge on any atom is 0.276 e. The van der Waals surface area contributed by atoms with E-state index >= 15 is 0 Å². The van der Waals surface area contributed by atoms with E-state index < -0.39 is 0 Å². The van der Waals surface area contributed by atoms with Crippen LogP contribution >= 0.6 is 0 Å². The molecule has 0 aliphatic carbocycles. The number of rotatable bonds is 5. The number of amides is 1. The quantitative estimate of drug-likeness (QED) is 0.784. The van der Waals surface area contributed by atoms with Crippen LogP contribution < -0.4 is 10.2 Å². The summed E-state index contributed by atoms with van der Waals surface area (Å²) in [5.41, 5.74) is 1.13. The third-order valence-corrected chi connectivity index (χ3v) is 3.36. The van der Waals surface area contributed by atoms with Gasteiger partial charge in [0.25, 0.3) is 5.91 Å². The topological polar surface area (TPSA) is 71.3 Å². The number of furan rings is 1. The molecule has 0 fully saturated rings. The van der Waals surface area contributed by atoms with Crippen LogP contribution in [0.3, 0.4) is 0 Å². The Hall–Kier alpha value is -3.15. The van der Waals surface area contributed by atoms with Gasteiger partial charge in [-0.25, -0.2) is 9.97 Å². The number of hydrogen-bond donors (Lipinski definition) is 1. The summed E-state index contributed by atoms with van der Waals surface area (Å²) >= 11 is 0. The highest BCUT2D eigenvalue weighted by molar-refractivity contribution is 6.04. The van der Waals surface area contributed by atoms with Crippen molar-refractivity contribution < 1.29 is 9.21 Å². The molecule has 1 N–H and O–H groups in total. The molecule has 2 heterocycles. The highest BCUT2D eigenvalue weighted by Gasteiger charge is 2.15. The third kappa shape index (κ3) is 3.55. The summed E-state index contributed by atoms with van der Waals surface area (Å²) in [6.07, 6.45) is 2.98. The molecule has 3 rings (SSSR count). The van der Waals surface area contributed by atoms with Crippen molar-refractivity contribution in [3.8, 4) is 0 Å². The lowest BCUT2D eigenvalue weighted by atomic mass is 10.2. The zero-order chi connectivity index (χ0) is 16.1. The Morgan fingerprint density at radius 3 is 2.74 bits per heavy atom. The molecule has 1 amide bonds. The van der Waals surface area contributed by atoms with E-state index in [1.54, 1.807) is 24.3 Å². The van der Waals surface area contributed by atoms with Crippen molar-refractivity contribution in [3.05, 3.63) is 72.6 Å². The van der Waals surface area contributed by atoms with Crippen molar-refractivity contribution in [1.82, 2.24) is 9.97 Å². The zero-order valence-electron chi connectivity index (χ0n) is 12.6. The number of para-hydroxylation sites is 1. The van der Waals surface area contributed by atoms with E-state index in [1.807, 2.05) is 42.5 Å². The summed E-state index contributed by atoms with van der Waals surface area (Å²) in [7, 11) is 1.72. The van der Waals surface area contributed by atoms with Gasteiger partial charge in [0, 0.05) is 18.8 Å². The average molecular weight is 308 g/mol. The fourth-order valence-corrected chi connectivity index (χ4v) is 2.10. The molecule has 0 aliphatic rings. The van der Waals surface area contributed by atoms with Gasteiger partial charge in [0.15, 0.2) is 0 Å². The van der Waals surface area contributed by atoms with Gasteiger partial charge in [0.1, 0.15) is 23.6 Å². The van der Waals surface area contributed by atoms with E-state index in [0.29, 0.717) is 18.1 Å². The van der Waals surface area contributed by atoms with Gasteiger partial charge in [-0.3, -0.25) is 4.79 Å². The van der Waals surface area contributed by atoms with E-state index in [9.17, 15) is 4.79 Å². The van der Waals surface area contributed by atoms with Crippen molar-refractivity contribution in [3.63, 3.8) is 0 Å². The van der Waals surface area contributed by atoms with Crippen LogP contribution in [0.1, 0.15) is 16.2 Å². The molecule has 6 nitrogen and oxygen atoms in total. The van der Waals surface area contributed by atoms with Crippen LogP contribution in [0.4, 0.5) is 11.5 Å². The Morgan fingerprint density at radius 2 is 2.00 bits per heavy atom. The molecule has 116 valence electrons. The first-order valence-electron chi connectivity index (χ1n) is 7.15. The number of nitrogens with zero attached hydrogens (tertiary/aromatic N) is 3. The summed E-state index contributed by atoms with van der Waals surface area (Å²) < 4.78 is 5.25. The van der Waals surface area contributed by atoms with Crippen LogP contribution in [-0.4, -0.2) is 22.9 Å². The Labute approximate surface area is 133 Å². The Balaban J connectivity index is 1.72. The standard InChI is InChI=1S/C17H16N4O2/c1-21(13-6-3-2-4-7-13)17(22)15-10-16(20-12-19-15)18-11-14-8-5-9-23-14/h2-10,12H,11H2,1H3,(H,18,19,20). The lowest BCUT2D eigenvalue weighted by molar-refractivity contribution is 0.0988. The van der Waals surface area contributed by atoms with Gasteiger partial charge in [-0.1, -0.05) is 18.2 Å². The van der Waals surface area contributed by atoms with Gasteiger partial charge in [-0.15, -0.1) is 0 Å². The molecule has 6 heteroatoms. The second-order valence-corrected chi connectivity index (χ2v) is 4.92. The Bertz CT molecular complexity index is 772. The summed E-state index contributed by atoms with van der Waals surface area (Å²) in [6.45, 7) is 0.492. The van der Waals surface area contributed by atoms with Crippen LogP contribution in [0.15, 0.2) is 65.5 Å². The molecule has 2 aromatic heterocycles. The van der Waals surface area contributed by atoms with E-state index in [4.69, 9.17) is 4.42 Å². The largest absolute Gasteiger partial charge is 0.467 e. The number of anilines is 2. The van der Waals surface area contributed by atoms with Gasteiger partial charge in [-0.2, -0.15) is 0 Å². The summed E-state index contributed by atoms with van der Waals surface area (Å²) in [5, 5.41) is 3.11. The minimum atomic E-state index is -0.195. The lowest BCUT2D eigenvalue weighted by Crippen LogP contribution is -2.27. The van der Waals surface area contributed by atoms with E-state index in [2.05, 4.69) is 15.3 Å². The van der Waals surface area contributed by atoms with Crippen molar-refractivity contribution in [1.29, 1.82) is 0 Å². The molecule has 1 aromatic carbocycles. The molecule has 3 aromatic rings. The van der Waals surface area contributed by atoms with Gasteiger partial charge in [0.05, 0.1) is 12.8 Å². The van der Waals surface area contributed by atoms with Gasteiger partial charge < -0.3 is 14.6 Å². The minimum absolute atomic E-state index is 0.195. The molecule has 0 radical (unpaired) electrons. The van der Waals surface area contributed by atoms with Crippen LogP contribution in [0.2, 0.25) is 0 Å². The molecular formula is C17H16N4O2. The van der Waals surface area contributed by atoms with Crippen LogP contribution in [-0.2, 0) is 6.54 Å². The first-order valence-corrected chi connectivity index (χ1v) is 7.15. The minimum Gasteiger partial charge on any atom is -0.467 e. The number of benzene rings is 1. The Morgan fingerprint density at radius 1 is 1.17 bits per heavy atom. The van der Waals surface area contributed by atoms with E-state index in [-0.39, 0.29) is 5.91 Å². The maximum absolute atomic E-state index is 12.5. The molecule has 0 aliphatic heterocycles. The fraction of sp³-hybridized carbons (Fsp3) is 0.118. The predicted molar refractivity (Wildman–Crippen MR) is 87.2 cm³/mol. The normalized spacial score (nSPS) is 10.3. The molecule has 0 saturated heterocycles. The SMILES string of the molecule is CN(C(=O)c1cc(NCc2ccco2)ncn1)c1ccccc1. The van der Waals surface area contributed by atoms with Crippen molar-refractivity contribution >= 4 is 17.4 Å². The number of nitrogens with one attached hydrogen (secondary N) is 1. The maximum atomic E-state index is 12.5. The third-order valence-electron chi connectivity index (χ3n) is 3.36. The number of carbonyl (C=O) groups excluding carboxylic acids is 1. The van der Waals surface area contributed by atoms with E-state index in [1.165, 1.54) is 6.33 Å². The monoisotopic (exact) mass is 308 g/mol. The summed E-state index contributed by atoms with van der Waals surface area (Å²) in [4.78, 5) is 22.3. The highest BCUT2D eigenvalue weighted by Crippen LogP contribution is 2.15. The van der Waals surface area contributed by atoms with Crippen LogP contribution in [0.25, 0.3) is 0 Å². The van der Waals surface area contributed by atoms with E-state index in [0.717, 1.165) is 11.4 Å². The van der Waals surface area contributed by atoms with Crippen LogP contribution in [0.5, 0.6) is 0 Å². The van der Waals surface area contributed by atoms with Crippen LogP contribution in [0, 0.1) is 0 Å². The molecule has 0 atom stereocenters. The molecule has 0 spiro atoms. The predicted octanol–water partition coefficient (Wildman–Crippen LogP) is 2.96. The zero-order valence-corrected chi connectivity index (χ0v) is 12.6. The molecular weight excluding hydrogens is 292 g/mol. The van der Waals surface area contributed by atoms with Gasteiger partial charge in [-0.05, 0) is 24.3 Å². The average Bonchev–Trinajstić information content (AvgIpc) is 3.13. The summed E-state index contributed by atoms with van der Waals surface area (Å²) in [6, 6.07) is 14.7. The fourth-order valence-electron chi connectivity index (χ4n) is 2.10. The summed E-state index contributed by atoms with van der Waals surface area (Å²) in [5.74, 6) is 1.17. The second-order valence-electron chi connectivity index (χ2n) is 4.92. The second kappa shape index (κ2) is 6.74. The Kier molecular flexibility index (Phi) is 4.33. The first-order chi connectivity index (χ1) is 11.2. The van der Waals surface area contributed by atoms with Gasteiger partial charge >= 0.3 is 0 Å². The molecule has 0 bridgehead atoms. The first kappa shape index (κ1) is 14.8. The highest BCUT2D eigenvalue weighted by atomic mass is 16.3. The van der Waals surface area contributed by atoms with Crippen molar-refractivity contribution in [2.45, 2.75) is 6.54 Å². The van der Waals surface area contributed by atoms with Crippen molar-refractivity contribution in [2.75, 3.05) is 17.3 Å². The number of aromatic nitrogens is 2. The molecule has 0 unspecified atom stereocenters. The lowest BCUT2D eigenvalue weighted by Gasteiger charge is -2.16. The molecule has 23 heavy (non-hydrogen) atoms. The van der Waals surface area contributed by atoms with Crippen molar-refractivity contribution in [2.24, 2.45) is 0 Å². The molecule has 0 saturated carbocycles. The smallest absolute Gasteiger partial charge is 0.276 e. The number of carbonyl (C=O) groups is 1. The number of hydrogen-bond acceptors (Lipinski definition) is 5.